The van der Waals surface area contributed by atoms with Gasteiger partial charge in [0.25, 0.3) is 0 Å². The van der Waals surface area contributed by atoms with E-state index >= 15 is 0 Å². The van der Waals surface area contributed by atoms with Gasteiger partial charge < -0.3 is 0 Å². The van der Waals surface area contributed by atoms with Crippen molar-refractivity contribution in [3.8, 4) is 0 Å². The van der Waals surface area contributed by atoms with E-state index in [2.05, 4.69) is 0 Å². The summed E-state index contributed by atoms with van der Waals surface area (Å²) in [5.41, 5.74) is 0. The van der Waals surface area contributed by atoms with Crippen LogP contribution in [0, 0.1) is 10.8 Å². The van der Waals surface area contributed by atoms with Gasteiger partial charge in [0.2, 0.25) is 0 Å². The number of nitrogens with one attached hydrogen (secondary N) is 2. The molecule has 0 aromatic carbocycles. The SMILES string of the molecule is N=C=N.[Cu]. The van der Waals surface area contributed by atoms with Crippen molar-refractivity contribution < 1.29 is 17.1 Å². The van der Waals surface area contributed by atoms with Crippen LogP contribution in [0.1, 0.15) is 0 Å². The van der Waals surface area contributed by atoms with Gasteiger partial charge in [0.05, 0.1) is 6.01 Å². The van der Waals surface area contributed by atoms with Gasteiger partial charge in [-0.15, -0.1) is 0 Å². The third-order valence-corrected chi connectivity index (χ3v) is 0. The summed E-state index contributed by atoms with van der Waals surface area (Å²) in [6.07, 6.45) is 0. The molecule has 0 atom stereocenters. The fraction of sp³-hybridized carbons (Fsp3) is 0. The van der Waals surface area contributed by atoms with Crippen molar-refractivity contribution in [1.82, 2.24) is 0 Å². The van der Waals surface area contributed by atoms with Crippen LogP contribution in [0.3, 0.4) is 0 Å². The van der Waals surface area contributed by atoms with Crippen molar-refractivity contribution in [1.29, 1.82) is 10.8 Å². The molecular weight excluding hydrogens is 104 g/mol. The second-order valence-electron chi connectivity index (χ2n) is 0.125. The molecule has 0 unspecified atom stereocenters. The normalized spacial score (nSPS) is 2.00. The Hall–Kier alpha value is -0.101. The molecule has 27 valence electrons. The van der Waals surface area contributed by atoms with Gasteiger partial charge in [-0.1, -0.05) is 0 Å². The van der Waals surface area contributed by atoms with Crippen LogP contribution in [0.25, 0.3) is 0 Å². The van der Waals surface area contributed by atoms with Gasteiger partial charge >= 0.3 is 0 Å². The largest absolute Gasteiger partial charge is 0.242 e. The van der Waals surface area contributed by atoms with Crippen LogP contribution in [0.5, 0.6) is 0 Å². The molecule has 0 aliphatic carbocycles. The van der Waals surface area contributed by atoms with E-state index < -0.39 is 0 Å². The van der Waals surface area contributed by atoms with Gasteiger partial charge in [-0.25, -0.2) is 10.8 Å². The summed E-state index contributed by atoms with van der Waals surface area (Å²) >= 11 is 0. The molecule has 0 aliphatic heterocycles. The Bertz CT molecular complexity index is 27.0. The second-order valence-corrected chi connectivity index (χ2v) is 0.125. The van der Waals surface area contributed by atoms with Gasteiger partial charge in [-0.05, 0) is 0 Å². The molecular formula is CH2CuN2. The smallest absolute Gasteiger partial charge is 0.0831 e. The third-order valence-electron chi connectivity index (χ3n) is 0. The van der Waals surface area contributed by atoms with E-state index in [9.17, 15) is 0 Å². The van der Waals surface area contributed by atoms with E-state index in [1.165, 1.54) is 6.01 Å². The van der Waals surface area contributed by atoms with Crippen molar-refractivity contribution >= 4 is 6.01 Å². The van der Waals surface area contributed by atoms with Crippen LogP contribution in [0.4, 0.5) is 0 Å². The maximum Gasteiger partial charge on any atom is 0.0831 e. The first kappa shape index (κ1) is 9.09. The zero-order valence-electron chi connectivity index (χ0n) is 1.80. The first-order valence-corrected chi connectivity index (χ1v) is 0.500. The summed E-state index contributed by atoms with van der Waals surface area (Å²) in [5, 5.41) is 11.2. The van der Waals surface area contributed by atoms with E-state index in [0.717, 1.165) is 0 Å². The molecule has 4 heavy (non-hydrogen) atoms. The van der Waals surface area contributed by atoms with Crippen molar-refractivity contribution in [3.05, 3.63) is 0 Å². The predicted octanol–water partition coefficient (Wildman–Crippen LogP) is 0.315. The molecule has 1 radical (unpaired) electrons. The number of rotatable bonds is 0. The Labute approximate surface area is 34.7 Å². The van der Waals surface area contributed by atoms with E-state index in [-0.39, 0.29) is 17.1 Å². The van der Waals surface area contributed by atoms with Crippen LogP contribution >= 0.6 is 0 Å². The molecule has 3 heteroatoms. The first-order valence-electron chi connectivity index (χ1n) is 0.500. The molecule has 0 saturated carbocycles. The van der Waals surface area contributed by atoms with E-state index in [4.69, 9.17) is 10.8 Å². The van der Waals surface area contributed by atoms with E-state index in [0.29, 0.717) is 0 Å². The Morgan fingerprint density at radius 2 is 1.25 bits per heavy atom. The maximum absolute atomic E-state index is 5.62. The summed E-state index contributed by atoms with van der Waals surface area (Å²) in [7, 11) is 0. The molecule has 0 rings (SSSR count). The topological polar surface area (TPSA) is 47.7 Å². The van der Waals surface area contributed by atoms with Crippen LogP contribution < -0.4 is 0 Å². The van der Waals surface area contributed by atoms with Gasteiger partial charge in [0.15, 0.2) is 0 Å². The third kappa shape index (κ3) is 152. The second kappa shape index (κ2) is 12.9. The summed E-state index contributed by atoms with van der Waals surface area (Å²) < 4.78 is 0. The molecule has 0 bridgehead atoms. The van der Waals surface area contributed by atoms with Gasteiger partial charge in [-0.3, -0.25) is 0 Å². The van der Waals surface area contributed by atoms with Crippen LogP contribution in [-0.4, -0.2) is 6.01 Å². The molecule has 0 fully saturated rings. The molecule has 0 saturated heterocycles. The molecule has 2 N–H and O–H groups in total. The predicted molar refractivity (Wildman–Crippen MR) is 10.4 cm³/mol. The minimum Gasteiger partial charge on any atom is -0.242 e. The average molecular weight is 106 g/mol. The van der Waals surface area contributed by atoms with Gasteiger partial charge in [0, 0.05) is 17.1 Å². The summed E-state index contributed by atoms with van der Waals surface area (Å²) in [6.45, 7) is 0. The molecule has 0 heterocycles. The number of hydrogen-bond donors (Lipinski definition) is 2. The Kier molecular flexibility index (Phi) is 29.4. The molecule has 0 aromatic rings. The Balaban J connectivity index is 0. The first-order chi connectivity index (χ1) is 1.41. The zero-order valence-corrected chi connectivity index (χ0v) is 2.74. The molecule has 0 aromatic heterocycles. The Morgan fingerprint density at radius 3 is 1.25 bits per heavy atom. The maximum atomic E-state index is 5.62. The van der Waals surface area contributed by atoms with Crippen molar-refractivity contribution in [2.24, 2.45) is 0 Å². The molecule has 0 amide bonds. The summed E-state index contributed by atoms with van der Waals surface area (Å²) in [4.78, 5) is 0. The fourth-order valence-electron chi connectivity index (χ4n) is 0. The van der Waals surface area contributed by atoms with Crippen molar-refractivity contribution in [2.45, 2.75) is 0 Å². The molecule has 2 nitrogen and oxygen atoms in total. The van der Waals surface area contributed by atoms with Crippen LogP contribution in [0.2, 0.25) is 0 Å². The minimum absolute atomic E-state index is 0. The fourth-order valence-corrected chi connectivity index (χ4v) is 0. The molecule has 0 aliphatic rings. The van der Waals surface area contributed by atoms with Gasteiger partial charge in [0.1, 0.15) is 0 Å². The van der Waals surface area contributed by atoms with Crippen molar-refractivity contribution in [3.63, 3.8) is 0 Å². The standard InChI is InChI=1S/CH2N2.Cu/c2-1-3;/h2-3H;. The Morgan fingerprint density at radius 1 is 1.25 bits per heavy atom. The summed E-state index contributed by atoms with van der Waals surface area (Å²) in [5.74, 6) is 0. The average Bonchev–Trinajstić information content (AvgIpc) is 0.918. The summed E-state index contributed by atoms with van der Waals surface area (Å²) in [6, 6.07) is 1.25. The van der Waals surface area contributed by atoms with Crippen molar-refractivity contribution in [2.75, 3.05) is 0 Å². The zero-order chi connectivity index (χ0) is 2.71. The minimum atomic E-state index is 0. The van der Waals surface area contributed by atoms with Gasteiger partial charge in [-0.2, -0.15) is 0 Å². The number of hydrogen-bond acceptors (Lipinski definition) is 2. The van der Waals surface area contributed by atoms with E-state index in [1.54, 1.807) is 0 Å². The van der Waals surface area contributed by atoms with Crippen LogP contribution in [0.15, 0.2) is 0 Å². The quantitative estimate of drug-likeness (QED) is 0.329. The van der Waals surface area contributed by atoms with E-state index in [1.807, 2.05) is 0 Å². The molecule has 0 spiro atoms. The van der Waals surface area contributed by atoms with Crippen LogP contribution in [-0.2, 0) is 17.1 Å². The monoisotopic (exact) mass is 105 g/mol.